The molecule has 0 aliphatic heterocycles. The van der Waals surface area contributed by atoms with Crippen molar-refractivity contribution in [1.82, 2.24) is 0 Å². The molecule has 0 bridgehead atoms. The van der Waals surface area contributed by atoms with E-state index < -0.39 is 10.8 Å². The minimum absolute atomic E-state index is 0.0863. The molecule has 0 fully saturated rings. The van der Waals surface area contributed by atoms with Gasteiger partial charge in [-0.15, -0.1) is 0 Å². The van der Waals surface area contributed by atoms with Gasteiger partial charge in [-0.05, 0) is 30.3 Å². The number of benzene rings is 2. The van der Waals surface area contributed by atoms with Crippen LogP contribution in [0.25, 0.3) is 0 Å². The predicted molar refractivity (Wildman–Crippen MR) is 79.2 cm³/mol. The maximum atomic E-state index is 12.0. The first kappa shape index (κ1) is 15.1. The van der Waals surface area contributed by atoms with Crippen molar-refractivity contribution in [1.29, 1.82) is 0 Å². The number of phenols is 1. The number of rotatable bonds is 3. The van der Waals surface area contributed by atoms with Crippen LogP contribution in [-0.2, 0) is 0 Å². The van der Waals surface area contributed by atoms with Crippen molar-refractivity contribution in [2.75, 3.05) is 5.32 Å². The lowest BCUT2D eigenvalue weighted by Crippen LogP contribution is -2.11. The number of phenolic OH excluding ortho intramolecular Hbond substituents is 1. The van der Waals surface area contributed by atoms with Crippen LogP contribution in [0.15, 0.2) is 36.4 Å². The lowest BCUT2D eigenvalue weighted by atomic mass is 10.2. The molecule has 1 amide bonds. The topological polar surface area (TPSA) is 92.5 Å². The fraction of sp³-hybridized carbons (Fsp3) is 0. The highest BCUT2D eigenvalue weighted by atomic mass is 35.5. The Bertz CT molecular complexity index is 734. The molecule has 2 N–H and O–H groups in total. The van der Waals surface area contributed by atoms with E-state index in [0.29, 0.717) is 5.69 Å². The number of anilines is 1. The van der Waals surface area contributed by atoms with E-state index in [2.05, 4.69) is 5.32 Å². The van der Waals surface area contributed by atoms with Crippen LogP contribution in [0.2, 0.25) is 10.0 Å². The summed E-state index contributed by atoms with van der Waals surface area (Å²) < 4.78 is 0. The number of amides is 1. The van der Waals surface area contributed by atoms with Crippen molar-refractivity contribution < 1.29 is 14.8 Å². The van der Waals surface area contributed by atoms with E-state index in [-0.39, 0.29) is 27.0 Å². The number of hydrogen-bond acceptors (Lipinski definition) is 4. The summed E-state index contributed by atoms with van der Waals surface area (Å²) in [6.45, 7) is 0. The molecule has 0 saturated heterocycles. The number of halogens is 2. The van der Waals surface area contributed by atoms with Crippen LogP contribution >= 0.6 is 23.2 Å². The summed E-state index contributed by atoms with van der Waals surface area (Å²) in [4.78, 5) is 22.0. The van der Waals surface area contributed by atoms with Crippen LogP contribution in [0, 0.1) is 10.1 Å². The largest absolute Gasteiger partial charge is 0.506 e. The first-order valence-electron chi connectivity index (χ1n) is 5.62. The lowest BCUT2D eigenvalue weighted by Gasteiger charge is -2.06. The second-order valence-electron chi connectivity index (χ2n) is 4.04. The monoisotopic (exact) mass is 326 g/mol. The highest BCUT2D eigenvalue weighted by molar-refractivity contribution is 6.33. The van der Waals surface area contributed by atoms with Gasteiger partial charge >= 0.3 is 0 Å². The number of nitro benzene ring substituents is 1. The van der Waals surface area contributed by atoms with E-state index in [0.717, 1.165) is 0 Å². The third-order valence-corrected chi connectivity index (χ3v) is 3.23. The van der Waals surface area contributed by atoms with Gasteiger partial charge in [-0.1, -0.05) is 23.2 Å². The van der Waals surface area contributed by atoms with Crippen LogP contribution in [-0.4, -0.2) is 15.9 Å². The normalized spacial score (nSPS) is 10.2. The Morgan fingerprint density at radius 2 is 1.86 bits per heavy atom. The Labute approximate surface area is 129 Å². The SMILES string of the molecule is O=C(Nc1ccc([N+](=O)[O-])c(Cl)c1)c1ccc(Cl)c(O)c1. The Balaban J connectivity index is 2.21. The van der Waals surface area contributed by atoms with E-state index in [1.54, 1.807) is 0 Å². The number of carbonyl (C=O) groups excluding carboxylic acids is 1. The first-order chi connectivity index (χ1) is 9.88. The zero-order chi connectivity index (χ0) is 15.6. The van der Waals surface area contributed by atoms with Crippen LogP contribution in [0.5, 0.6) is 5.75 Å². The molecule has 8 heteroatoms. The Morgan fingerprint density at radius 1 is 1.14 bits per heavy atom. The molecule has 0 spiro atoms. The van der Waals surface area contributed by atoms with E-state index in [1.807, 2.05) is 0 Å². The molecule has 0 aromatic heterocycles. The highest BCUT2D eigenvalue weighted by Gasteiger charge is 2.14. The summed E-state index contributed by atoms with van der Waals surface area (Å²) in [6, 6.07) is 7.85. The van der Waals surface area contributed by atoms with Gasteiger partial charge in [0, 0.05) is 17.3 Å². The lowest BCUT2D eigenvalue weighted by molar-refractivity contribution is -0.384. The van der Waals surface area contributed by atoms with E-state index in [4.69, 9.17) is 23.2 Å². The zero-order valence-electron chi connectivity index (χ0n) is 10.3. The maximum absolute atomic E-state index is 12.0. The molecule has 0 aliphatic carbocycles. The van der Waals surface area contributed by atoms with Gasteiger partial charge in [0.05, 0.1) is 9.95 Å². The quantitative estimate of drug-likeness (QED) is 0.661. The number of aromatic hydroxyl groups is 1. The average Bonchev–Trinajstić information content (AvgIpc) is 2.41. The molecule has 6 nitrogen and oxygen atoms in total. The number of nitrogens with one attached hydrogen (secondary N) is 1. The van der Waals surface area contributed by atoms with Gasteiger partial charge < -0.3 is 10.4 Å². The second kappa shape index (κ2) is 5.99. The summed E-state index contributed by atoms with van der Waals surface area (Å²) >= 11 is 11.4. The molecule has 108 valence electrons. The minimum Gasteiger partial charge on any atom is -0.506 e. The molecule has 0 saturated carbocycles. The van der Waals surface area contributed by atoms with Gasteiger partial charge in [0.25, 0.3) is 11.6 Å². The molecule has 2 aromatic rings. The van der Waals surface area contributed by atoms with Crippen molar-refractivity contribution in [3.05, 3.63) is 62.1 Å². The Kier molecular flexibility index (Phi) is 4.30. The van der Waals surface area contributed by atoms with Gasteiger partial charge in [0.15, 0.2) is 0 Å². The molecule has 2 aromatic carbocycles. The fourth-order valence-electron chi connectivity index (χ4n) is 1.59. The average molecular weight is 327 g/mol. The van der Waals surface area contributed by atoms with Crippen LogP contribution in [0.4, 0.5) is 11.4 Å². The summed E-state index contributed by atoms with van der Waals surface area (Å²) in [7, 11) is 0. The Morgan fingerprint density at radius 3 is 2.43 bits per heavy atom. The second-order valence-corrected chi connectivity index (χ2v) is 4.86. The third kappa shape index (κ3) is 3.42. The number of nitro groups is 1. The summed E-state index contributed by atoms with van der Waals surface area (Å²) in [5.41, 5.74) is 0.232. The van der Waals surface area contributed by atoms with Crippen molar-refractivity contribution in [2.24, 2.45) is 0 Å². The minimum atomic E-state index is -0.620. The molecule has 21 heavy (non-hydrogen) atoms. The molecule has 0 unspecified atom stereocenters. The van der Waals surface area contributed by atoms with Crippen LogP contribution < -0.4 is 5.32 Å². The molecule has 2 rings (SSSR count). The van der Waals surface area contributed by atoms with Gasteiger partial charge in [-0.3, -0.25) is 14.9 Å². The molecular formula is C13H8Cl2N2O4. The van der Waals surface area contributed by atoms with Crippen molar-refractivity contribution in [3.63, 3.8) is 0 Å². The number of hydrogen-bond donors (Lipinski definition) is 2. The Hall–Kier alpha value is -2.31. The van der Waals surface area contributed by atoms with Crippen LogP contribution in [0.1, 0.15) is 10.4 Å². The predicted octanol–water partition coefficient (Wildman–Crippen LogP) is 3.86. The van der Waals surface area contributed by atoms with Crippen molar-refractivity contribution in [2.45, 2.75) is 0 Å². The molecule has 0 atom stereocenters. The first-order valence-corrected chi connectivity index (χ1v) is 6.38. The molecule has 0 radical (unpaired) electrons. The summed E-state index contributed by atoms with van der Waals surface area (Å²) in [5.74, 6) is -0.724. The van der Waals surface area contributed by atoms with Gasteiger partial charge in [0.2, 0.25) is 0 Å². The number of carbonyl (C=O) groups is 1. The molecular weight excluding hydrogens is 319 g/mol. The van der Waals surface area contributed by atoms with Crippen molar-refractivity contribution in [3.8, 4) is 5.75 Å². The third-order valence-electron chi connectivity index (χ3n) is 2.61. The van der Waals surface area contributed by atoms with E-state index in [1.165, 1.54) is 36.4 Å². The van der Waals surface area contributed by atoms with E-state index >= 15 is 0 Å². The van der Waals surface area contributed by atoms with E-state index in [9.17, 15) is 20.0 Å². The zero-order valence-corrected chi connectivity index (χ0v) is 11.9. The van der Waals surface area contributed by atoms with Gasteiger partial charge in [-0.25, -0.2) is 0 Å². The molecule has 0 heterocycles. The molecule has 0 aliphatic rings. The highest BCUT2D eigenvalue weighted by Crippen LogP contribution is 2.28. The summed E-state index contributed by atoms with van der Waals surface area (Å²) in [5, 5.41) is 22.6. The standard InChI is InChI=1S/C13H8Cl2N2O4/c14-9-3-1-7(5-12(9)18)13(19)16-8-2-4-11(17(20)21)10(15)6-8/h1-6,18H,(H,16,19). The maximum Gasteiger partial charge on any atom is 0.288 e. The smallest absolute Gasteiger partial charge is 0.288 e. The number of nitrogens with zero attached hydrogens (tertiary/aromatic N) is 1. The van der Waals surface area contributed by atoms with Crippen LogP contribution in [0.3, 0.4) is 0 Å². The summed E-state index contributed by atoms with van der Waals surface area (Å²) in [6.07, 6.45) is 0. The van der Waals surface area contributed by atoms with Crippen molar-refractivity contribution >= 4 is 40.5 Å². The fourth-order valence-corrected chi connectivity index (χ4v) is 1.96. The van der Waals surface area contributed by atoms with Gasteiger partial charge in [0.1, 0.15) is 10.8 Å². The van der Waals surface area contributed by atoms with Gasteiger partial charge in [-0.2, -0.15) is 0 Å².